The molecule has 0 radical (unpaired) electrons. The SMILES string of the molecule is COCCCN1C(=O)C(C)(C)Oc2cc(Br)c(C(=O)N(C(C)C)C3CCCCC3)cc21.COCCCN1C(=O)C(C)(C)Oc2cc(C)c(C(=O)N(C(C)C)C3CCCCC3)cc21. The first-order chi connectivity index (χ1) is 29.3. The number of ether oxygens (including phenoxy) is 4. The van der Waals surface area contributed by atoms with Gasteiger partial charge in [0.2, 0.25) is 0 Å². The van der Waals surface area contributed by atoms with Gasteiger partial charge in [0.15, 0.2) is 11.2 Å². The van der Waals surface area contributed by atoms with Gasteiger partial charge in [-0.05, 0) is 147 Å². The molecule has 4 amide bonds. The number of anilines is 2. The second kappa shape index (κ2) is 21.3. The van der Waals surface area contributed by atoms with E-state index in [2.05, 4.69) is 48.5 Å². The van der Waals surface area contributed by atoms with Gasteiger partial charge >= 0.3 is 0 Å². The molecule has 62 heavy (non-hydrogen) atoms. The summed E-state index contributed by atoms with van der Waals surface area (Å²) in [6.07, 6.45) is 12.8. The van der Waals surface area contributed by atoms with Gasteiger partial charge in [0.25, 0.3) is 23.6 Å². The maximum absolute atomic E-state index is 13.7. The average Bonchev–Trinajstić information content (AvgIpc) is 3.21. The number of rotatable bonds is 14. The van der Waals surface area contributed by atoms with E-state index in [1.807, 2.05) is 36.1 Å². The van der Waals surface area contributed by atoms with E-state index in [0.717, 1.165) is 50.5 Å². The number of halogens is 1. The van der Waals surface area contributed by atoms with Crippen molar-refractivity contribution in [3.05, 3.63) is 45.4 Å². The van der Waals surface area contributed by atoms with Crippen molar-refractivity contribution in [2.24, 2.45) is 0 Å². The Morgan fingerprint density at radius 2 is 1.06 bits per heavy atom. The fourth-order valence-electron chi connectivity index (χ4n) is 9.52. The average molecular weight is 926 g/mol. The van der Waals surface area contributed by atoms with Crippen LogP contribution >= 0.6 is 15.9 Å². The minimum atomic E-state index is -0.961. The van der Waals surface area contributed by atoms with Crippen molar-refractivity contribution in [3.8, 4) is 11.5 Å². The van der Waals surface area contributed by atoms with E-state index in [0.29, 0.717) is 71.2 Å². The molecule has 0 unspecified atom stereocenters. The van der Waals surface area contributed by atoms with E-state index in [4.69, 9.17) is 18.9 Å². The molecule has 0 saturated heterocycles. The van der Waals surface area contributed by atoms with Crippen molar-refractivity contribution < 1.29 is 38.1 Å². The molecule has 0 spiro atoms. The Hall–Kier alpha value is -3.68. The Bertz CT molecular complexity index is 1770. The Morgan fingerprint density at radius 1 is 0.677 bits per heavy atom. The summed E-state index contributed by atoms with van der Waals surface area (Å²) >= 11 is 3.60. The summed E-state index contributed by atoms with van der Waals surface area (Å²) in [6.45, 7) is 19.6. The number of nitrogens with zero attached hydrogens (tertiary/aromatic N) is 4. The Morgan fingerprint density at radius 3 is 1.47 bits per heavy atom. The first-order valence-electron chi connectivity index (χ1n) is 23.0. The molecule has 0 aromatic heterocycles. The van der Waals surface area contributed by atoms with Gasteiger partial charge in [0.05, 0.1) is 16.9 Å². The number of fused-ring (bicyclic) bond motifs is 2. The smallest absolute Gasteiger partial charge is 0.270 e. The Kier molecular flexibility index (Phi) is 17.0. The zero-order valence-corrected chi connectivity index (χ0v) is 41.0. The molecule has 0 bridgehead atoms. The number of carbonyl (C=O) groups excluding carboxylic acids is 4. The second-order valence-electron chi connectivity index (χ2n) is 19.0. The first kappa shape index (κ1) is 49.3. The van der Waals surface area contributed by atoms with E-state index in [9.17, 15) is 19.2 Å². The van der Waals surface area contributed by atoms with Crippen LogP contribution in [0, 0.1) is 6.92 Å². The monoisotopic (exact) mass is 924 g/mol. The van der Waals surface area contributed by atoms with Gasteiger partial charge in [-0.15, -0.1) is 0 Å². The van der Waals surface area contributed by atoms with Crippen LogP contribution in [-0.2, 0) is 19.1 Å². The van der Waals surface area contributed by atoms with E-state index in [1.165, 1.54) is 25.7 Å². The number of carbonyl (C=O) groups is 4. The highest BCUT2D eigenvalue weighted by molar-refractivity contribution is 9.10. The van der Waals surface area contributed by atoms with Crippen LogP contribution in [0.15, 0.2) is 28.7 Å². The van der Waals surface area contributed by atoms with Crippen LogP contribution in [0.3, 0.4) is 0 Å². The second-order valence-corrected chi connectivity index (χ2v) is 19.8. The van der Waals surface area contributed by atoms with Crippen LogP contribution in [0.4, 0.5) is 11.4 Å². The molecule has 2 fully saturated rings. The summed E-state index contributed by atoms with van der Waals surface area (Å²) < 4.78 is 23.1. The zero-order valence-electron chi connectivity index (χ0n) is 39.4. The predicted molar refractivity (Wildman–Crippen MR) is 249 cm³/mol. The predicted octanol–water partition coefficient (Wildman–Crippen LogP) is 9.89. The minimum Gasteiger partial charge on any atom is -0.476 e. The molecule has 4 aliphatic rings. The third-order valence-corrected chi connectivity index (χ3v) is 13.3. The lowest BCUT2D eigenvalue weighted by molar-refractivity contribution is -0.133. The Balaban J connectivity index is 0.000000234. The van der Waals surface area contributed by atoms with Gasteiger partial charge in [-0.3, -0.25) is 19.2 Å². The Labute approximate surface area is 379 Å². The minimum absolute atomic E-state index is 0.00528. The summed E-state index contributed by atoms with van der Waals surface area (Å²) in [5.41, 5.74) is 1.55. The van der Waals surface area contributed by atoms with E-state index >= 15 is 0 Å². The molecule has 2 aromatic carbocycles. The maximum atomic E-state index is 13.7. The van der Waals surface area contributed by atoms with E-state index < -0.39 is 11.2 Å². The van der Waals surface area contributed by atoms with Crippen molar-refractivity contribution in [1.29, 1.82) is 0 Å². The van der Waals surface area contributed by atoms with Crippen LogP contribution in [0.2, 0.25) is 0 Å². The number of hydrogen-bond acceptors (Lipinski definition) is 8. The van der Waals surface area contributed by atoms with Crippen LogP contribution in [0.25, 0.3) is 0 Å². The molecular weight excluding hydrogens is 852 g/mol. The standard InChI is InChI=1S/C25H38N2O4.C24H35BrN2O4/c1-17(2)27(19-11-8-7-9-12-19)23(28)20-16-21-22(15-18(20)3)31-25(4,5)24(29)26(21)13-10-14-30-6;1-16(2)27(17-10-7-6-8-11-17)22(28)18-14-20-21(15-19(18)25)31-24(3,4)23(29)26(20)12-9-13-30-5/h15-17,19H,7-14H2,1-6H3;14-17H,6-13H2,1-5H3. The fourth-order valence-corrected chi connectivity index (χ4v) is 10.0. The summed E-state index contributed by atoms with van der Waals surface area (Å²) in [6, 6.07) is 8.21. The molecule has 13 heteroatoms. The highest BCUT2D eigenvalue weighted by atomic mass is 79.9. The van der Waals surface area contributed by atoms with Gasteiger partial charge < -0.3 is 38.5 Å². The maximum Gasteiger partial charge on any atom is 0.270 e. The lowest BCUT2D eigenvalue weighted by Crippen LogP contribution is -2.53. The number of amides is 4. The molecular formula is C49H73BrN4O8. The highest BCUT2D eigenvalue weighted by Gasteiger charge is 2.43. The van der Waals surface area contributed by atoms with Gasteiger partial charge in [-0.2, -0.15) is 0 Å². The number of benzene rings is 2. The molecule has 2 saturated carbocycles. The summed E-state index contributed by atoms with van der Waals surface area (Å²) in [5.74, 6) is 1.13. The van der Waals surface area contributed by atoms with Crippen molar-refractivity contribution in [3.63, 3.8) is 0 Å². The molecule has 2 heterocycles. The molecule has 2 aromatic rings. The first-order valence-corrected chi connectivity index (χ1v) is 23.8. The molecule has 2 aliphatic carbocycles. The lowest BCUT2D eigenvalue weighted by Gasteiger charge is -2.40. The van der Waals surface area contributed by atoms with Crippen molar-refractivity contribution in [1.82, 2.24) is 9.80 Å². The molecule has 2 aliphatic heterocycles. The van der Waals surface area contributed by atoms with Crippen molar-refractivity contribution in [2.45, 2.75) is 175 Å². The molecule has 6 rings (SSSR count). The highest BCUT2D eigenvalue weighted by Crippen LogP contribution is 2.43. The van der Waals surface area contributed by atoms with Crippen LogP contribution in [0.1, 0.15) is 159 Å². The van der Waals surface area contributed by atoms with E-state index in [1.54, 1.807) is 51.7 Å². The molecule has 0 atom stereocenters. The summed E-state index contributed by atoms with van der Waals surface area (Å²) in [4.78, 5) is 61.2. The van der Waals surface area contributed by atoms with Crippen LogP contribution in [-0.4, -0.2) is 109 Å². The van der Waals surface area contributed by atoms with Gasteiger partial charge in [-0.1, -0.05) is 38.5 Å². The van der Waals surface area contributed by atoms with Crippen LogP contribution in [0.5, 0.6) is 11.5 Å². The van der Waals surface area contributed by atoms with Crippen LogP contribution < -0.4 is 19.3 Å². The number of methoxy groups -OCH3 is 2. The quantitative estimate of drug-likeness (QED) is 0.172. The summed E-state index contributed by atoms with van der Waals surface area (Å²) in [5, 5.41) is 0. The van der Waals surface area contributed by atoms with Gasteiger partial charge in [-0.25, -0.2) is 0 Å². The number of hydrogen-bond donors (Lipinski definition) is 0. The van der Waals surface area contributed by atoms with Crippen molar-refractivity contribution in [2.75, 3.05) is 50.3 Å². The van der Waals surface area contributed by atoms with E-state index in [-0.39, 0.29) is 47.8 Å². The summed E-state index contributed by atoms with van der Waals surface area (Å²) in [7, 11) is 3.31. The zero-order chi connectivity index (χ0) is 45.5. The normalized spacial score (nSPS) is 18.7. The van der Waals surface area contributed by atoms with Gasteiger partial charge in [0, 0.05) is 74.7 Å². The lowest BCUT2D eigenvalue weighted by atomic mass is 9.92. The molecule has 0 N–H and O–H groups in total. The van der Waals surface area contributed by atoms with Gasteiger partial charge in [0.1, 0.15) is 11.5 Å². The largest absolute Gasteiger partial charge is 0.476 e. The third-order valence-electron chi connectivity index (χ3n) is 12.6. The molecule has 12 nitrogen and oxygen atoms in total. The molecule has 344 valence electrons. The third kappa shape index (κ3) is 11.2. The number of aryl methyl sites for hydroxylation is 1. The van der Waals surface area contributed by atoms with Crippen molar-refractivity contribution >= 4 is 50.9 Å². The fraction of sp³-hybridized carbons (Fsp3) is 0.673. The topological polar surface area (TPSA) is 118 Å².